The monoisotopic (exact) mass is 411 g/mol. The van der Waals surface area contributed by atoms with Gasteiger partial charge in [-0.2, -0.15) is 13.2 Å². The molecule has 1 unspecified atom stereocenters. The Morgan fingerprint density at radius 3 is 2.55 bits per heavy atom. The zero-order valence-electron chi connectivity index (χ0n) is 16.5. The zero-order chi connectivity index (χ0) is 21.6. The molecule has 2 heterocycles. The maximum Gasteiger partial charge on any atom is 0.433 e. The Bertz CT molecular complexity index is 813. The number of hydrogen-bond acceptors (Lipinski definition) is 5. The van der Waals surface area contributed by atoms with Gasteiger partial charge < -0.3 is 14.7 Å². The molecule has 1 N–H and O–H groups in total. The molecular formula is C20H24F3N3O3. The van der Waals surface area contributed by atoms with E-state index in [-0.39, 0.29) is 12.3 Å². The van der Waals surface area contributed by atoms with Crippen LogP contribution in [-0.4, -0.2) is 45.6 Å². The fraction of sp³-hybridized carbons (Fsp3) is 0.450. The van der Waals surface area contributed by atoms with Crippen molar-refractivity contribution in [2.45, 2.75) is 45.0 Å². The van der Waals surface area contributed by atoms with Crippen LogP contribution < -0.4 is 4.74 Å². The summed E-state index contributed by atoms with van der Waals surface area (Å²) in [5, 5.41) is 10.8. The second kappa shape index (κ2) is 9.69. The quantitative estimate of drug-likeness (QED) is 0.721. The number of carbonyl (C=O) groups is 1. The number of pyridine rings is 2. The summed E-state index contributed by atoms with van der Waals surface area (Å²) in [4.78, 5) is 21.7. The highest BCUT2D eigenvalue weighted by atomic mass is 19.4. The molecule has 0 fully saturated rings. The first-order chi connectivity index (χ1) is 13.7. The molecule has 6 nitrogen and oxygen atoms in total. The van der Waals surface area contributed by atoms with Crippen LogP contribution in [-0.2, 0) is 17.4 Å². The number of rotatable bonds is 8. The number of aliphatic hydroxyl groups excluding tert-OH is 1. The first kappa shape index (κ1) is 22.6. The summed E-state index contributed by atoms with van der Waals surface area (Å²) >= 11 is 0. The summed E-state index contributed by atoms with van der Waals surface area (Å²) < 4.78 is 43.2. The van der Waals surface area contributed by atoms with Crippen LogP contribution in [0.15, 0.2) is 36.8 Å². The third kappa shape index (κ3) is 5.66. The molecule has 2 atom stereocenters. The van der Waals surface area contributed by atoms with Gasteiger partial charge in [-0.3, -0.25) is 14.8 Å². The molecule has 0 saturated heterocycles. The van der Waals surface area contributed by atoms with Crippen molar-refractivity contribution in [1.82, 2.24) is 14.9 Å². The molecule has 0 aliphatic heterocycles. The number of halogens is 3. The molecule has 0 saturated carbocycles. The number of aliphatic hydroxyl groups is 1. The van der Waals surface area contributed by atoms with E-state index in [0.29, 0.717) is 29.8 Å². The molecule has 2 aromatic heterocycles. The van der Waals surface area contributed by atoms with Gasteiger partial charge in [0.2, 0.25) is 5.91 Å². The van der Waals surface area contributed by atoms with Crippen LogP contribution in [0.5, 0.6) is 5.75 Å². The van der Waals surface area contributed by atoms with Crippen molar-refractivity contribution in [3.63, 3.8) is 0 Å². The number of methoxy groups -OCH3 is 1. The maximum atomic E-state index is 12.8. The molecule has 0 aliphatic carbocycles. The number of carbonyl (C=O) groups excluding carboxylic acids is 1. The Kier molecular flexibility index (Phi) is 7.55. The van der Waals surface area contributed by atoms with Crippen molar-refractivity contribution in [2.24, 2.45) is 0 Å². The molecule has 2 rings (SSSR count). The highest BCUT2D eigenvalue weighted by Gasteiger charge is 2.32. The van der Waals surface area contributed by atoms with Crippen LogP contribution in [0.2, 0.25) is 0 Å². The summed E-state index contributed by atoms with van der Waals surface area (Å²) in [6, 6.07) is 3.11. The van der Waals surface area contributed by atoms with Crippen LogP contribution in [0.4, 0.5) is 13.2 Å². The normalized spacial score (nSPS) is 13.6. The Balaban J connectivity index is 2.17. The standard InChI is InChI=1S/C20H24F3N3O3/c1-4-9-26(13(2)19(28)15-12-24-8-7-16(15)29-3)18(27)10-14-5-6-17(25-11-14)20(21,22)23/h5-8,11-13,19,28H,4,9-10H2,1-3H3/t13-,19?/m1/s1. The first-order valence-electron chi connectivity index (χ1n) is 9.16. The highest BCUT2D eigenvalue weighted by molar-refractivity contribution is 5.79. The van der Waals surface area contributed by atoms with Gasteiger partial charge in [0.15, 0.2) is 0 Å². The fourth-order valence-corrected chi connectivity index (χ4v) is 3.00. The van der Waals surface area contributed by atoms with Crippen molar-refractivity contribution in [1.29, 1.82) is 0 Å². The van der Waals surface area contributed by atoms with E-state index in [9.17, 15) is 23.1 Å². The van der Waals surface area contributed by atoms with Crippen LogP contribution in [0.1, 0.15) is 43.2 Å². The smallest absolute Gasteiger partial charge is 0.433 e. The van der Waals surface area contributed by atoms with E-state index < -0.39 is 24.0 Å². The molecule has 0 spiro atoms. The van der Waals surface area contributed by atoms with Crippen molar-refractivity contribution in [3.05, 3.63) is 53.6 Å². The Hall–Kier alpha value is -2.68. The van der Waals surface area contributed by atoms with Gasteiger partial charge in [0.25, 0.3) is 0 Å². The Morgan fingerprint density at radius 2 is 2.00 bits per heavy atom. The van der Waals surface area contributed by atoms with E-state index in [1.54, 1.807) is 13.0 Å². The molecule has 9 heteroatoms. The lowest BCUT2D eigenvalue weighted by Gasteiger charge is -2.33. The number of ether oxygens (including phenoxy) is 1. The number of alkyl halides is 3. The molecule has 1 amide bonds. The SMILES string of the molecule is CCCN(C(=O)Cc1ccc(C(F)(F)F)nc1)[C@H](C)C(O)c1cnccc1OC. The van der Waals surface area contributed by atoms with E-state index >= 15 is 0 Å². The van der Waals surface area contributed by atoms with Crippen molar-refractivity contribution in [3.8, 4) is 5.75 Å². The maximum absolute atomic E-state index is 12.8. The van der Waals surface area contributed by atoms with Crippen LogP contribution in [0, 0.1) is 0 Å². The van der Waals surface area contributed by atoms with Gasteiger partial charge in [-0.1, -0.05) is 13.0 Å². The molecule has 29 heavy (non-hydrogen) atoms. The summed E-state index contributed by atoms with van der Waals surface area (Å²) in [6.45, 7) is 3.98. The van der Waals surface area contributed by atoms with Crippen LogP contribution >= 0.6 is 0 Å². The molecule has 0 radical (unpaired) electrons. The average molecular weight is 411 g/mol. The van der Waals surface area contributed by atoms with E-state index in [1.165, 1.54) is 30.5 Å². The third-order valence-electron chi connectivity index (χ3n) is 4.55. The highest BCUT2D eigenvalue weighted by Crippen LogP contribution is 2.29. The lowest BCUT2D eigenvalue weighted by molar-refractivity contribution is -0.141. The number of aromatic nitrogens is 2. The molecule has 0 aliphatic rings. The van der Waals surface area contributed by atoms with Gasteiger partial charge in [-0.15, -0.1) is 0 Å². The van der Waals surface area contributed by atoms with Crippen molar-refractivity contribution >= 4 is 5.91 Å². The fourth-order valence-electron chi connectivity index (χ4n) is 3.00. The molecule has 2 aromatic rings. The summed E-state index contributed by atoms with van der Waals surface area (Å²) in [7, 11) is 1.47. The van der Waals surface area contributed by atoms with E-state index in [0.717, 1.165) is 12.3 Å². The third-order valence-corrected chi connectivity index (χ3v) is 4.55. The van der Waals surface area contributed by atoms with E-state index in [4.69, 9.17) is 4.74 Å². The van der Waals surface area contributed by atoms with Crippen LogP contribution in [0.25, 0.3) is 0 Å². The molecule has 0 aromatic carbocycles. The Labute approximate surface area is 167 Å². The predicted octanol–water partition coefficient (Wildman–Crippen LogP) is 3.41. The molecule has 0 bridgehead atoms. The zero-order valence-corrected chi connectivity index (χ0v) is 16.5. The summed E-state index contributed by atoms with van der Waals surface area (Å²) in [5.74, 6) is 0.137. The largest absolute Gasteiger partial charge is 0.496 e. The minimum Gasteiger partial charge on any atom is -0.496 e. The van der Waals surface area contributed by atoms with Gasteiger partial charge >= 0.3 is 6.18 Å². The van der Waals surface area contributed by atoms with E-state index in [1.807, 2.05) is 6.92 Å². The lowest BCUT2D eigenvalue weighted by atomic mass is 10.0. The van der Waals surface area contributed by atoms with E-state index in [2.05, 4.69) is 9.97 Å². The van der Waals surface area contributed by atoms with Crippen LogP contribution in [0.3, 0.4) is 0 Å². The van der Waals surface area contributed by atoms with Gasteiger partial charge in [-0.05, 0) is 31.0 Å². The second-order valence-corrected chi connectivity index (χ2v) is 6.62. The minimum atomic E-state index is -4.53. The second-order valence-electron chi connectivity index (χ2n) is 6.62. The number of amides is 1. The lowest BCUT2D eigenvalue weighted by Crippen LogP contribution is -2.43. The summed E-state index contributed by atoms with van der Waals surface area (Å²) in [5.41, 5.74) is -0.191. The van der Waals surface area contributed by atoms with Gasteiger partial charge in [0, 0.05) is 30.7 Å². The molecule has 158 valence electrons. The predicted molar refractivity (Wildman–Crippen MR) is 100 cm³/mol. The Morgan fingerprint density at radius 1 is 1.28 bits per heavy atom. The minimum absolute atomic E-state index is 0.119. The van der Waals surface area contributed by atoms with Crippen molar-refractivity contribution < 1.29 is 27.8 Å². The van der Waals surface area contributed by atoms with Gasteiger partial charge in [0.05, 0.1) is 19.6 Å². The molecular weight excluding hydrogens is 387 g/mol. The number of hydrogen-bond donors (Lipinski definition) is 1. The van der Waals surface area contributed by atoms with Gasteiger partial charge in [-0.25, -0.2) is 0 Å². The average Bonchev–Trinajstić information content (AvgIpc) is 2.70. The summed E-state index contributed by atoms with van der Waals surface area (Å²) in [6.07, 6.45) is -0.973. The van der Waals surface area contributed by atoms with Gasteiger partial charge in [0.1, 0.15) is 17.5 Å². The number of nitrogens with zero attached hydrogens (tertiary/aromatic N) is 3. The van der Waals surface area contributed by atoms with Crippen molar-refractivity contribution in [2.75, 3.05) is 13.7 Å². The first-order valence-corrected chi connectivity index (χ1v) is 9.16. The topological polar surface area (TPSA) is 75.6 Å².